The fraction of sp³-hybridized carbons (Fsp3) is 0.167. The minimum atomic E-state index is -0.0411. The molecule has 5 rings (SSSR count). The molecule has 0 atom stereocenters. The van der Waals surface area contributed by atoms with Crippen LogP contribution in [0.15, 0.2) is 70.6 Å². The van der Waals surface area contributed by atoms with Crippen LogP contribution >= 0.6 is 23.1 Å². The summed E-state index contributed by atoms with van der Waals surface area (Å²) in [7, 11) is 0. The highest BCUT2D eigenvalue weighted by molar-refractivity contribution is 7.98. The van der Waals surface area contributed by atoms with E-state index < -0.39 is 0 Å². The van der Waals surface area contributed by atoms with Crippen molar-refractivity contribution in [3.8, 4) is 11.1 Å². The molecule has 0 aliphatic carbocycles. The van der Waals surface area contributed by atoms with Crippen molar-refractivity contribution in [2.75, 3.05) is 0 Å². The van der Waals surface area contributed by atoms with E-state index in [1.54, 1.807) is 10.6 Å². The predicted molar refractivity (Wildman–Crippen MR) is 132 cm³/mol. The number of allylic oxidation sites excluding steroid dienone is 1. The fourth-order valence-corrected chi connectivity index (χ4v) is 5.64. The van der Waals surface area contributed by atoms with Crippen LogP contribution in [0.1, 0.15) is 17.1 Å². The van der Waals surface area contributed by atoms with Gasteiger partial charge in [-0.15, -0.1) is 17.9 Å². The summed E-state index contributed by atoms with van der Waals surface area (Å²) in [6.45, 7) is 8.24. The van der Waals surface area contributed by atoms with Crippen molar-refractivity contribution >= 4 is 39.1 Å². The minimum Gasteiger partial charge on any atom is -0.288 e. The Morgan fingerprint density at radius 1 is 1.16 bits per heavy atom. The minimum absolute atomic E-state index is 0.0411. The SMILES string of the molecule is C=CCn1c(SCc2cn3c(C)cc(C)nc3n2)nc2scc(-c3ccccc3)c2c1=O. The molecule has 0 bridgehead atoms. The van der Waals surface area contributed by atoms with Gasteiger partial charge in [0, 0.05) is 40.8 Å². The Labute approximate surface area is 193 Å². The molecule has 0 fully saturated rings. The highest BCUT2D eigenvalue weighted by Crippen LogP contribution is 2.32. The first-order valence-electron chi connectivity index (χ1n) is 10.2. The number of thiophene rings is 1. The van der Waals surface area contributed by atoms with Gasteiger partial charge >= 0.3 is 0 Å². The summed E-state index contributed by atoms with van der Waals surface area (Å²) in [5.41, 5.74) is 4.83. The Balaban J connectivity index is 1.54. The van der Waals surface area contributed by atoms with Gasteiger partial charge in [-0.25, -0.2) is 15.0 Å². The molecule has 5 aromatic rings. The van der Waals surface area contributed by atoms with E-state index in [0.29, 0.717) is 28.6 Å². The van der Waals surface area contributed by atoms with Gasteiger partial charge in [0.2, 0.25) is 5.78 Å². The number of nitrogens with zero attached hydrogens (tertiary/aromatic N) is 5. The Morgan fingerprint density at radius 3 is 2.75 bits per heavy atom. The molecule has 1 aromatic carbocycles. The molecule has 0 spiro atoms. The Hall–Kier alpha value is -3.23. The van der Waals surface area contributed by atoms with Gasteiger partial charge in [0.1, 0.15) is 4.83 Å². The Kier molecular flexibility index (Phi) is 5.40. The molecule has 0 aliphatic heterocycles. The number of hydrogen-bond acceptors (Lipinski definition) is 6. The standard InChI is InChI=1S/C24H21N5OS2/c1-4-10-28-22(30)20-19(17-8-6-5-7-9-17)14-31-21(20)27-24(28)32-13-18-12-29-16(3)11-15(2)25-23(29)26-18/h4-9,11-12,14H,1,10,13H2,2-3H3. The van der Waals surface area contributed by atoms with E-state index in [1.165, 1.54) is 23.1 Å². The molecular weight excluding hydrogens is 438 g/mol. The average Bonchev–Trinajstić information content (AvgIpc) is 3.39. The van der Waals surface area contributed by atoms with Crippen molar-refractivity contribution in [2.24, 2.45) is 0 Å². The first-order chi connectivity index (χ1) is 15.5. The van der Waals surface area contributed by atoms with Crippen LogP contribution < -0.4 is 5.56 Å². The molecule has 4 aromatic heterocycles. The summed E-state index contributed by atoms with van der Waals surface area (Å²) in [5.74, 6) is 1.28. The summed E-state index contributed by atoms with van der Waals surface area (Å²) in [6.07, 6.45) is 3.73. The van der Waals surface area contributed by atoms with Crippen molar-refractivity contribution in [3.63, 3.8) is 0 Å². The molecule has 4 heterocycles. The molecule has 0 saturated heterocycles. The van der Waals surface area contributed by atoms with E-state index in [0.717, 1.165) is 33.0 Å². The van der Waals surface area contributed by atoms with Crippen molar-refractivity contribution in [1.82, 2.24) is 23.9 Å². The molecule has 0 amide bonds. The van der Waals surface area contributed by atoms with E-state index in [1.807, 2.05) is 66.2 Å². The van der Waals surface area contributed by atoms with Crippen LogP contribution in [0.2, 0.25) is 0 Å². The lowest BCUT2D eigenvalue weighted by Crippen LogP contribution is -2.22. The largest absolute Gasteiger partial charge is 0.288 e. The van der Waals surface area contributed by atoms with Crippen LogP contribution in [0.3, 0.4) is 0 Å². The third-order valence-corrected chi connectivity index (χ3v) is 7.10. The van der Waals surface area contributed by atoms with Crippen LogP contribution in [0, 0.1) is 13.8 Å². The first-order valence-corrected chi connectivity index (χ1v) is 12.0. The first kappa shape index (κ1) is 20.7. The third-order valence-electron chi connectivity index (χ3n) is 5.22. The molecular formula is C24H21N5OS2. The fourth-order valence-electron chi connectivity index (χ4n) is 3.76. The van der Waals surface area contributed by atoms with Gasteiger partial charge < -0.3 is 0 Å². The normalized spacial score (nSPS) is 11.4. The quantitative estimate of drug-likeness (QED) is 0.197. The Bertz CT molecular complexity index is 1510. The van der Waals surface area contributed by atoms with E-state index in [4.69, 9.17) is 4.98 Å². The number of aromatic nitrogens is 5. The lowest BCUT2D eigenvalue weighted by molar-refractivity contribution is 0.673. The molecule has 6 nitrogen and oxygen atoms in total. The predicted octanol–water partition coefficient (Wildman–Crippen LogP) is 5.26. The summed E-state index contributed by atoms with van der Waals surface area (Å²) >= 11 is 3.01. The molecule has 0 N–H and O–H groups in total. The maximum Gasteiger partial charge on any atom is 0.263 e. The molecule has 32 heavy (non-hydrogen) atoms. The number of imidazole rings is 1. The number of benzene rings is 1. The van der Waals surface area contributed by atoms with Gasteiger partial charge in [-0.3, -0.25) is 13.8 Å². The second-order valence-corrected chi connectivity index (χ2v) is 9.32. The number of rotatable bonds is 6. The topological polar surface area (TPSA) is 65.1 Å². The highest BCUT2D eigenvalue weighted by atomic mass is 32.2. The van der Waals surface area contributed by atoms with Crippen LogP contribution in [0.25, 0.3) is 27.1 Å². The van der Waals surface area contributed by atoms with Crippen molar-refractivity contribution in [1.29, 1.82) is 0 Å². The van der Waals surface area contributed by atoms with E-state index in [9.17, 15) is 4.79 Å². The lowest BCUT2D eigenvalue weighted by Gasteiger charge is -2.10. The van der Waals surface area contributed by atoms with Gasteiger partial charge in [0.15, 0.2) is 5.16 Å². The molecule has 0 saturated carbocycles. The summed E-state index contributed by atoms with van der Waals surface area (Å²) < 4.78 is 3.68. The zero-order valence-electron chi connectivity index (χ0n) is 17.8. The summed E-state index contributed by atoms with van der Waals surface area (Å²) in [5, 5.41) is 3.34. The molecule has 160 valence electrons. The van der Waals surface area contributed by atoms with Crippen LogP contribution in [0.4, 0.5) is 0 Å². The Morgan fingerprint density at radius 2 is 1.97 bits per heavy atom. The summed E-state index contributed by atoms with van der Waals surface area (Å²) in [4.78, 5) is 28.2. The second kappa shape index (κ2) is 8.37. The molecule has 8 heteroatoms. The van der Waals surface area contributed by atoms with Crippen molar-refractivity contribution < 1.29 is 0 Å². The zero-order valence-corrected chi connectivity index (χ0v) is 19.4. The van der Waals surface area contributed by atoms with Gasteiger partial charge in [-0.2, -0.15) is 0 Å². The van der Waals surface area contributed by atoms with Crippen LogP contribution in [-0.2, 0) is 12.3 Å². The summed E-state index contributed by atoms with van der Waals surface area (Å²) in [6, 6.07) is 12.0. The van der Waals surface area contributed by atoms with Crippen molar-refractivity contribution in [2.45, 2.75) is 31.3 Å². The maximum atomic E-state index is 13.5. The smallest absolute Gasteiger partial charge is 0.263 e. The average molecular weight is 460 g/mol. The van der Waals surface area contributed by atoms with E-state index in [-0.39, 0.29) is 5.56 Å². The third kappa shape index (κ3) is 3.65. The van der Waals surface area contributed by atoms with Crippen LogP contribution in [0.5, 0.6) is 0 Å². The number of fused-ring (bicyclic) bond motifs is 2. The molecule has 0 radical (unpaired) electrons. The molecule has 0 aliphatic rings. The van der Waals surface area contributed by atoms with E-state index in [2.05, 4.69) is 16.5 Å². The highest BCUT2D eigenvalue weighted by Gasteiger charge is 2.17. The van der Waals surface area contributed by atoms with Gasteiger partial charge in [0.05, 0.1) is 11.1 Å². The number of aryl methyl sites for hydroxylation is 2. The molecule has 0 unspecified atom stereocenters. The maximum absolute atomic E-state index is 13.5. The number of hydrogen-bond donors (Lipinski definition) is 0. The van der Waals surface area contributed by atoms with Crippen molar-refractivity contribution in [3.05, 3.63) is 88.1 Å². The van der Waals surface area contributed by atoms with Gasteiger partial charge in [0.25, 0.3) is 5.56 Å². The zero-order chi connectivity index (χ0) is 22.2. The van der Waals surface area contributed by atoms with Gasteiger partial charge in [-0.05, 0) is 25.5 Å². The van der Waals surface area contributed by atoms with E-state index >= 15 is 0 Å². The monoisotopic (exact) mass is 459 g/mol. The van der Waals surface area contributed by atoms with Gasteiger partial charge in [-0.1, -0.05) is 48.2 Å². The van der Waals surface area contributed by atoms with Crippen LogP contribution in [-0.4, -0.2) is 23.9 Å². The number of thioether (sulfide) groups is 1. The lowest BCUT2D eigenvalue weighted by atomic mass is 10.1. The second-order valence-electron chi connectivity index (χ2n) is 7.52.